The molecule has 2 aliphatic heterocycles. The molecule has 0 fully saturated rings. The molecule has 0 unspecified atom stereocenters. The molecule has 0 aliphatic carbocycles. The number of anilines is 9. The molecule has 0 amide bonds. The molecule has 12 aromatic carbocycles. The molecular weight excluding hydrogens is 1010 g/mol. The lowest BCUT2D eigenvalue weighted by atomic mass is 9.91. The van der Waals surface area contributed by atoms with E-state index in [4.69, 9.17) is 0 Å². The monoisotopic (exact) mass is 1080 g/mol. The third kappa shape index (κ3) is 10.7. The maximum absolute atomic E-state index is 2.39. The topological polar surface area (TPSA) is 9.72 Å². The Hall–Kier alpha value is -10.7. The third-order valence-corrected chi connectivity index (χ3v) is 16.0. The largest absolute Gasteiger partial charge is 0.311 e. The fourth-order valence-corrected chi connectivity index (χ4v) is 11.8. The predicted molar refractivity (Wildman–Crippen MR) is 358 cm³/mol. The van der Waals surface area contributed by atoms with Crippen LogP contribution in [-0.4, -0.2) is 0 Å². The summed E-state index contributed by atoms with van der Waals surface area (Å²) in [5.41, 5.74) is 27.9. The molecule has 2 aliphatic rings. The highest BCUT2D eigenvalue weighted by Crippen LogP contribution is 2.49. The van der Waals surface area contributed by atoms with Crippen LogP contribution >= 0.6 is 0 Å². The minimum Gasteiger partial charge on any atom is -0.311 e. The van der Waals surface area contributed by atoms with Crippen molar-refractivity contribution in [2.75, 3.05) is 14.7 Å². The van der Waals surface area contributed by atoms with Crippen LogP contribution in [0, 0.1) is 20.8 Å². The van der Waals surface area contributed by atoms with Gasteiger partial charge in [0.1, 0.15) is 0 Å². The van der Waals surface area contributed by atoms with E-state index in [1.807, 2.05) is 18.2 Å². The summed E-state index contributed by atoms with van der Waals surface area (Å²) in [7, 11) is 0. The normalized spacial score (nSPS) is 12.4. The molecule has 0 atom stereocenters. The zero-order chi connectivity index (χ0) is 56.8. The summed E-state index contributed by atoms with van der Waals surface area (Å²) in [6, 6.07) is 111. The van der Waals surface area contributed by atoms with Crippen molar-refractivity contribution < 1.29 is 0 Å². The Balaban J connectivity index is 0.000000878. The third-order valence-electron chi connectivity index (χ3n) is 16.0. The van der Waals surface area contributed by atoms with Crippen LogP contribution in [-0.2, 0) is 0 Å². The lowest BCUT2D eigenvalue weighted by molar-refractivity contribution is 1.27. The summed E-state index contributed by atoms with van der Waals surface area (Å²) in [5.74, 6) is 0. The van der Waals surface area contributed by atoms with Crippen LogP contribution < -0.4 is 14.7 Å². The average Bonchev–Trinajstić information content (AvgIpc) is 2.70. The minimum atomic E-state index is 1.06. The van der Waals surface area contributed by atoms with Gasteiger partial charge in [-0.2, -0.15) is 0 Å². The summed E-state index contributed by atoms with van der Waals surface area (Å²) in [4.78, 5) is 7.17. The zero-order valence-electron chi connectivity index (χ0n) is 47.5. The summed E-state index contributed by atoms with van der Waals surface area (Å²) in [6.45, 7) is 6.47. The highest BCUT2D eigenvalue weighted by atomic mass is 15.2. The van der Waals surface area contributed by atoms with Gasteiger partial charge in [0.15, 0.2) is 0 Å². The first kappa shape index (κ1) is 52.6. The van der Waals surface area contributed by atoms with E-state index in [2.05, 4.69) is 345 Å². The standard InChI is InChI=1S/C74H55N3.C7H8/c1-52-21-9-11-23-57(52)49-68(65-30-14-10-22-53(65)2)54-37-43-62(44-38-54)75(63-45-39-55(40-46-63)69-50-58-24-12-17-33-71(58)76(60-26-5-3-6-27-60)73-35-19-15-31-66(69)73)64-47-41-56(42-48-64)70-51-59-25-13-18-34-72(59)77(61-28-7-4-8-29-61)74-36-20-16-32-67(70)74;1-7-5-3-2-4-6-7/h3-51H,1-2H3;2-6H,1H3/b68-49-;. The number of hydrogen-bond acceptors (Lipinski definition) is 3. The second-order valence-electron chi connectivity index (χ2n) is 21.5. The van der Waals surface area contributed by atoms with E-state index < -0.39 is 0 Å². The van der Waals surface area contributed by atoms with E-state index in [0.29, 0.717) is 0 Å². The first-order valence-electron chi connectivity index (χ1n) is 28.9. The van der Waals surface area contributed by atoms with Gasteiger partial charge in [-0.1, -0.05) is 230 Å². The molecule has 84 heavy (non-hydrogen) atoms. The molecule has 0 bridgehead atoms. The van der Waals surface area contributed by atoms with E-state index in [1.54, 1.807) is 0 Å². The van der Waals surface area contributed by atoms with Gasteiger partial charge in [0.25, 0.3) is 0 Å². The Morgan fingerprint density at radius 3 is 1.15 bits per heavy atom. The maximum atomic E-state index is 2.39. The smallest absolute Gasteiger partial charge is 0.0540 e. The Morgan fingerprint density at radius 2 is 0.702 bits per heavy atom. The predicted octanol–water partition coefficient (Wildman–Crippen LogP) is 22.1. The van der Waals surface area contributed by atoms with Crippen LogP contribution in [0.1, 0.15) is 66.8 Å². The number of para-hydroxylation sites is 6. The Labute approximate surface area is 495 Å². The van der Waals surface area contributed by atoms with E-state index >= 15 is 0 Å². The fourth-order valence-electron chi connectivity index (χ4n) is 11.8. The van der Waals surface area contributed by atoms with Crippen LogP contribution in [0.4, 0.5) is 51.2 Å². The second-order valence-corrected chi connectivity index (χ2v) is 21.5. The lowest BCUT2D eigenvalue weighted by Crippen LogP contribution is -2.12. The van der Waals surface area contributed by atoms with Crippen molar-refractivity contribution in [1.82, 2.24) is 0 Å². The van der Waals surface area contributed by atoms with Crippen molar-refractivity contribution in [2.45, 2.75) is 20.8 Å². The van der Waals surface area contributed by atoms with Crippen molar-refractivity contribution in [3.8, 4) is 0 Å². The van der Waals surface area contributed by atoms with E-state index in [-0.39, 0.29) is 0 Å². The number of benzene rings is 12. The molecule has 402 valence electrons. The van der Waals surface area contributed by atoms with Gasteiger partial charge in [-0.15, -0.1) is 0 Å². The zero-order valence-corrected chi connectivity index (χ0v) is 47.5. The lowest BCUT2D eigenvalue weighted by Gasteiger charge is -2.28. The van der Waals surface area contributed by atoms with Gasteiger partial charge in [-0.05, 0) is 191 Å². The van der Waals surface area contributed by atoms with Gasteiger partial charge in [-0.25, -0.2) is 0 Å². The van der Waals surface area contributed by atoms with Crippen molar-refractivity contribution in [1.29, 1.82) is 0 Å². The van der Waals surface area contributed by atoms with E-state index in [1.165, 1.54) is 55.7 Å². The Kier molecular flexibility index (Phi) is 14.9. The molecule has 3 nitrogen and oxygen atoms in total. The van der Waals surface area contributed by atoms with E-state index in [0.717, 1.165) is 79.0 Å². The Morgan fingerprint density at radius 1 is 0.321 bits per heavy atom. The summed E-state index contributed by atoms with van der Waals surface area (Å²) < 4.78 is 0. The first-order valence-corrected chi connectivity index (χ1v) is 28.9. The molecule has 0 N–H and O–H groups in total. The number of fused-ring (bicyclic) bond motifs is 4. The van der Waals surface area contributed by atoms with Gasteiger partial charge >= 0.3 is 0 Å². The van der Waals surface area contributed by atoms with Crippen molar-refractivity contribution in [3.63, 3.8) is 0 Å². The first-order chi connectivity index (χ1) is 41.4. The molecule has 14 rings (SSSR count). The van der Waals surface area contributed by atoms with Crippen molar-refractivity contribution in [2.24, 2.45) is 0 Å². The summed E-state index contributed by atoms with van der Waals surface area (Å²) in [5, 5.41) is 0. The van der Waals surface area contributed by atoms with Crippen molar-refractivity contribution >= 4 is 86.1 Å². The quantitative estimate of drug-likeness (QED) is 0.126. The number of nitrogens with zero attached hydrogens (tertiary/aromatic N) is 3. The minimum absolute atomic E-state index is 1.06. The van der Waals surface area contributed by atoms with Crippen LogP contribution in [0.5, 0.6) is 0 Å². The van der Waals surface area contributed by atoms with Gasteiger partial charge in [0.05, 0.1) is 22.7 Å². The summed E-state index contributed by atoms with van der Waals surface area (Å²) in [6.07, 6.45) is 7.06. The van der Waals surface area contributed by atoms with E-state index in [9.17, 15) is 0 Å². The SMILES string of the molecule is Cc1ccccc1.Cc1ccccc1/C=C(/c1ccc(N(c2ccc(C3=Cc4ccccc4N(c4ccccc4)c4ccccc43)cc2)c2ccc(C3=Cc4ccccc4N(c4ccccc4)c4ccccc43)cc2)cc1)c1ccccc1C. The molecular formula is C81H63N3. The van der Waals surface area contributed by atoms with Gasteiger partial charge in [0.2, 0.25) is 0 Å². The van der Waals surface area contributed by atoms with Crippen LogP contribution in [0.2, 0.25) is 0 Å². The number of aryl methyl sites for hydroxylation is 3. The molecule has 0 spiro atoms. The van der Waals surface area contributed by atoms with Crippen molar-refractivity contribution in [3.05, 3.63) is 376 Å². The fraction of sp³-hybridized carbons (Fsp3) is 0.0370. The highest BCUT2D eigenvalue weighted by molar-refractivity contribution is 6.05. The van der Waals surface area contributed by atoms with Crippen LogP contribution in [0.25, 0.3) is 34.9 Å². The molecule has 0 saturated carbocycles. The van der Waals surface area contributed by atoms with Crippen LogP contribution in [0.3, 0.4) is 0 Å². The molecule has 0 aromatic heterocycles. The Bertz CT molecular complexity index is 4170. The molecule has 12 aromatic rings. The molecule has 0 saturated heterocycles. The molecule has 3 heteroatoms. The van der Waals surface area contributed by atoms with Crippen LogP contribution in [0.15, 0.2) is 309 Å². The number of hydrogen-bond donors (Lipinski definition) is 0. The van der Waals surface area contributed by atoms with Gasteiger partial charge in [-0.3, -0.25) is 0 Å². The summed E-state index contributed by atoms with van der Waals surface area (Å²) >= 11 is 0. The second kappa shape index (κ2) is 23.8. The number of rotatable bonds is 10. The van der Waals surface area contributed by atoms with Gasteiger partial charge < -0.3 is 14.7 Å². The average molecular weight is 1080 g/mol. The maximum Gasteiger partial charge on any atom is 0.0540 e. The van der Waals surface area contributed by atoms with Gasteiger partial charge in [0, 0.05) is 39.6 Å². The molecule has 0 radical (unpaired) electrons. The highest BCUT2D eigenvalue weighted by Gasteiger charge is 2.26. The molecule has 2 heterocycles.